The second kappa shape index (κ2) is 6.48. The maximum absolute atomic E-state index is 12.3. The summed E-state index contributed by atoms with van der Waals surface area (Å²) in [4.78, 5) is 17.3. The molecule has 1 aromatic heterocycles. The molecule has 3 rings (SSSR count). The summed E-state index contributed by atoms with van der Waals surface area (Å²) in [6.07, 6.45) is 3.25. The van der Waals surface area contributed by atoms with Gasteiger partial charge in [0.2, 0.25) is 5.91 Å². The second-order valence-electron chi connectivity index (χ2n) is 5.63. The summed E-state index contributed by atoms with van der Waals surface area (Å²) in [5.74, 6) is 0.176. The minimum atomic E-state index is 0.176. The number of rotatable bonds is 5. The van der Waals surface area contributed by atoms with E-state index in [1.54, 1.807) is 4.90 Å². The van der Waals surface area contributed by atoms with Crippen LogP contribution >= 0.6 is 0 Å². The average Bonchev–Trinajstić information content (AvgIpc) is 3.01. The SMILES string of the molecule is CN(Cc1ccccc1)C(=O)CCc1ccc2cc[nH]c2c1. The van der Waals surface area contributed by atoms with Crippen molar-refractivity contribution in [3.63, 3.8) is 0 Å². The van der Waals surface area contributed by atoms with Crippen LogP contribution in [0.2, 0.25) is 0 Å². The fourth-order valence-electron chi connectivity index (χ4n) is 2.64. The lowest BCUT2D eigenvalue weighted by atomic mass is 10.1. The van der Waals surface area contributed by atoms with Crippen LogP contribution in [0.1, 0.15) is 17.5 Å². The van der Waals surface area contributed by atoms with E-state index in [9.17, 15) is 4.79 Å². The van der Waals surface area contributed by atoms with Crippen molar-refractivity contribution in [1.29, 1.82) is 0 Å². The number of carbonyl (C=O) groups excluding carboxylic acids is 1. The normalized spacial score (nSPS) is 10.8. The lowest BCUT2D eigenvalue weighted by Crippen LogP contribution is -2.26. The fourth-order valence-corrected chi connectivity index (χ4v) is 2.64. The summed E-state index contributed by atoms with van der Waals surface area (Å²) in [7, 11) is 1.86. The van der Waals surface area contributed by atoms with Gasteiger partial charge in [0.25, 0.3) is 0 Å². The molecule has 3 aromatic rings. The average molecular weight is 292 g/mol. The lowest BCUT2D eigenvalue weighted by Gasteiger charge is -2.17. The zero-order valence-corrected chi connectivity index (χ0v) is 12.8. The molecule has 1 heterocycles. The third kappa shape index (κ3) is 3.37. The molecule has 0 radical (unpaired) electrons. The Kier molecular flexibility index (Phi) is 4.24. The number of nitrogens with zero attached hydrogens (tertiary/aromatic N) is 1. The van der Waals surface area contributed by atoms with E-state index in [1.165, 1.54) is 10.9 Å². The number of hydrogen-bond donors (Lipinski definition) is 1. The molecule has 0 atom stereocenters. The summed E-state index contributed by atoms with van der Waals surface area (Å²) >= 11 is 0. The van der Waals surface area contributed by atoms with Crippen LogP contribution in [-0.2, 0) is 17.8 Å². The maximum atomic E-state index is 12.3. The molecule has 0 aliphatic rings. The number of aryl methyl sites for hydroxylation is 1. The van der Waals surface area contributed by atoms with Crippen molar-refractivity contribution >= 4 is 16.8 Å². The molecule has 0 fully saturated rings. The topological polar surface area (TPSA) is 36.1 Å². The molecular weight excluding hydrogens is 272 g/mol. The van der Waals surface area contributed by atoms with E-state index in [2.05, 4.69) is 29.2 Å². The number of hydrogen-bond acceptors (Lipinski definition) is 1. The van der Waals surface area contributed by atoms with Gasteiger partial charge < -0.3 is 9.88 Å². The smallest absolute Gasteiger partial charge is 0.222 e. The number of H-pyrrole nitrogens is 1. The molecule has 0 unspecified atom stereocenters. The molecule has 0 aliphatic carbocycles. The van der Waals surface area contributed by atoms with Crippen LogP contribution in [0.3, 0.4) is 0 Å². The highest BCUT2D eigenvalue weighted by molar-refractivity contribution is 5.80. The van der Waals surface area contributed by atoms with Crippen molar-refractivity contribution in [2.24, 2.45) is 0 Å². The molecule has 0 aliphatic heterocycles. The predicted octanol–water partition coefficient (Wildman–Crippen LogP) is 3.76. The molecule has 1 N–H and O–H groups in total. The number of nitrogens with one attached hydrogen (secondary N) is 1. The van der Waals surface area contributed by atoms with Crippen LogP contribution in [0.25, 0.3) is 10.9 Å². The number of aromatic nitrogens is 1. The van der Waals surface area contributed by atoms with Crippen molar-refractivity contribution in [1.82, 2.24) is 9.88 Å². The summed E-state index contributed by atoms with van der Waals surface area (Å²) in [6, 6.07) is 18.4. The van der Waals surface area contributed by atoms with E-state index in [4.69, 9.17) is 0 Å². The molecule has 3 heteroatoms. The molecule has 3 nitrogen and oxygen atoms in total. The van der Waals surface area contributed by atoms with Crippen LogP contribution in [0.4, 0.5) is 0 Å². The van der Waals surface area contributed by atoms with Crippen molar-refractivity contribution < 1.29 is 4.79 Å². The van der Waals surface area contributed by atoms with Crippen LogP contribution in [-0.4, -0.2) is 22.8 Å². The van der Waals surface area contributed by atoms with Gasteiger partial charge in [0.05, 0.1) is 0 Å². The number of carbonyl (C=O) groups is 1. The number of aromatic amines is 1. The third-order valence-corrected chi connectivity index (χ3v) is 3.94. The lowest BCUT2D eigenvalue weighted by molar-refractivity contribution is -0.130. The summed E-state index contributed by atoms with van der Waals surface area (Å²) in [6.45, 7) is 0.662. The molecule has 0 spiro atoms. The summed E-state index contributed by atoms with van der Waals surface area (Å²) in [5, 5.41) is 1.20. The van der Waals surface area contributed by atoms with E-state index in [1.807, 2.05) is 43.6 Å². The molecule has 0 saturated carbocycles. The van der Waals surface area contributed by atoms with Gasteiger partial charge in [-0.2, -0.15) is 0 Å². The Balaban J connectivity index is 1.57. The van der Waals surface area contributed by atoms with Gasteiger partial charge in [-0.25, -0.2) is 0 Å². The monoisotopic (exact) mass is 292 g/mol. The van der Waals surface area contributed by atoms with E-state index < -0.39 is 0 Å². The number of fused-ring (bicyclic) bond motifs is 1. The maximum Gasteiger partial charge on any atom is 0.222 e. The molecule has 22 heavy (non-hydrogen) atoms. The number of amides is 1. The van der Waals surface area contributed by atoms with Crippen molar-refractivity contribution in [2.75, 3.05) is 7.05 Å². The summed E-state index contributed by atoms with van der Waals surface area (Å²) < 4.78 is 0. The largest absolute Gasteiger partial charge is 0.361 e. The van der Waals surface area contributed by atoms with Crippen LogP contribution < -0.4 is 0 Å². The van der Waals surface area contributed by atoms with E-state index in [0.29, 0.717) is 13.0 Å². The molecule has 0 saturated heterocycles. The first-order valence-electron chi connectivity index (χ1n) is 7.56. The van der Waals surface area contributed by atoms with Gasteiger partial charge in [-0.05, 0) is 35.1 Å². The van der Waals surface area contributed by atoms with Gasteiger partial charge in [0, 0.05) is 31.7 Å². The highest BCUT2D eigenvalue weighted by Crippen LogP contribution is 2.15. The zero-order chi connectivity index (χ0) is 15.4. The number of benzene rings is 2. The van der Waals surface area contributed by atoms with Gasteiger partial charge in [0.15, 0.2) is 0 Å². The quantitative estimate of drug-likeness (QED) is 0.763. The minimum absolute atomic E-state index is 0.176. The second-order valence-corrected chi connectivity index (χ2v) is 5.63. The van der Waals surface area contributed by atoms with Gasteiger partial charge >= 0.3 is 0 Å². The van der Waals surface area contributed by atoms with Gasteiger partial charge in [-0.3, -0.25) is 4.79 Å². The van der Waals surface area contributed by atoms with Crippen LogP contribution in [0.15, 0.2) is 60.8 Å². The molecule has 2 aromatic carbocycles. The Morgan fingerprint density at radius 2 is 1.86 bits per heavy atom. The predicted molar refractivity (Wildman–Crippen MR) is 89.5 cm³/mol. The minimum Gasteiger partial charge on any atom is -0.361 e. The van der Waals surface area contributed by atoms with Gasteiger partial charge in [-0.1, -0.05) is 42.5 Å². The first-order valence-corrected chi connectivity index (χ1v) is 7.56. The van der Waals surface area contributed by atoms with Crippen molar-refractivity contribution in [2.45, 2.75) is 19.4 Å². The molecule has 112 valence electrons. The molecule has 1 amide bonds. The Hall–Kier alpha value is -2.55. The van der Waals surface area contributed by atoms with E-state index in [-0.39, 0.29) is 5.91 Å². The van der Waals surface area contributed by atoms with E-state index >= 15 is 0 Å². The molecule has 0 bridgehead atoms. The van der Waals surface area contributed by atoms with Crippen molar-refractivity contribution in [3.05, 3.63) is 71.9 Å². The standard InChI is InChI=1S/C19H20N2O/c1-21(14-16-5-3-2-4-6-16)19(22)10-8-15-7-9-17-11-12-20-18(17)13-15/h2-7,9,11-13,20H,8,10,14H2,1H3. The van der Waals surface area contributed by atoms with Gasteiger partial charge in [0.1, 0.15) is 0 Å². The molecular formula is C19H20N2O. The first kappa shape index (κ1) is 14.4. The zero-order valence-electron chi connectivity index (χ0n) is 12.8. The fraction of sp³-hybridized carbons (Fsp3) is 0.211. The van der Waals surface area contributed by atoms with E-state index in [0.717, 1.165) is 17.5 Å². The first-order chi connectivity index (χ1) is 10.7. The Labute approximate surface area is 130 Å². The third-order valence-electron chi connectivity index (χ3n) is 3.94. The van der Waals surface area contributed by atoms with Crippen LogP contribution in [0, 0.1) is 0 Å². The highest BCUT2D eigenvalue weighted by atomic mass is 16.2. The van der Waals surface area contributed by atoms with Crippen LogP contribution in [0.5, 0.6) is 0 Å². The van der Waals surface area contributed by atoms with Gasteiger partial charge in [-0.15, -0.1) is 0 Å². The Bertz CT molecular complexity index is 761. The van der Waals surface area contributed by atoms with Crippen molar-refractivity contribution in [3.8, 4) is 0 Å². The Morgan fingerprint density at radius 3 is 2.68 bits per heavy atom. The summed E-state index contributed by atoms with van der Waals surface area (Å²) in [5.41, 5.74) is 3.48. The Morgan fingerprint density at radius 1 is 1.05 bits per heavy atom. The highest BCUT2D eigenvalue weighted by Gasteiger charge is 2.09.